The van der Waals surface area contributed by atoms with Crippen molar-refractivity contribution < 1.29 is 9.53 Å². The summed E-state index contributed by atoms with van der Waals surface area (Å²) in [6.07, 6.45) is 5.23. The number of carbonyl (C=O) groups excluding carboxylic acids is 1. The Morgan fingerprint density at radius 2 is 2.12 bits per heavy atom. The lowest BCUT2D eigenvalue weighted by molar-refractivity contribution is -0.125. The van der Waals surface area contributed by atoms with Crippen LogP contribution in [0.1, 0.15) is 32.1 Å². The van der Waals surface area contributed by atoms with E-state index in [9.17, 15) is 4.79 Å². The zero-order valence-corrected chi connectivity index (χ0v) is 16.6. The maximum atomic E-state index is 13.0. The third kappa shape index (κ3) is 3.77. The summed E-state index contributed by atoms with van der Waals surface area (Å²) in [5.41, 5.74) is 1.59. The van der Waals surface area contributed by atoms with Crippen molar-refractivity contribution in [2.75, 3.05) is 18.1 Å². The number of hydrogen-bond acceptors (Lipinski definition) is 4. The van der Waals surface area contributed by atoms with E-state index in [0.717, 1.165) is 55.1 Å². The molecule has 1 unspecified atom stereocenters. The Labute approximate surface area is 167 Å². The van der Waals surface area contributed by atoms with Gasteiger partial charge in [-0.3, -0.25) is 9.69 Å². The summed E-state index contributed by atoms with van der Waals surface area (Å²) in [5.74, 6) is 0.303. The molecule has 2 aromatic rings. The summed E-state index contributed by atoms with van der Waals surface area (Å²) in [7, 11) is 0. The van der Waals surface area contributed by atoms with Crippen molar-refractivity contribution in [1.29, 1.82) is 0 Å². The minimum Gasteiger partial charge on any atom is -0.376 e. The number of benzene rings is 1. The van der Waals surface area contributed by atoms with E-state index in [1.165, 1.54) is 11.3 Å². The SMILES string of the molecule is O=C(C1CCC1)N(CC1CCCO1)c1nc(-c2ccc(Cl)cc2Cl)cs1. The van der Waals surface area contributed by atoms with Gasteiger partial charge in [0, 0.05) is 28.5 Å². The van der Waals surface area contributed by atoms with Crippen LogP contribution in [0.5, 0.6) is 0 Å². The molecule has 0 N–H and O–H groups in total. The molecule has 2 fully saturated rings. The van der Waals surface area contributed by atoms with Crippen LogP contribution < -0.4 is 4.90 Å². The van der Waals surface area contributed by atoms with E-state index in [2.05, 4.69) is 0 Å². The summed E-state index contributed by atoms with van der Waals surface area (Å²) in [5, 5.41) is 3.82. The van der Waals surface area contributed by atoms with E-state index < -0.39 is 0 Å². The normalized spacial score (nSPS) is 20.2. The molecule has 7 heteroatoms. The van der Waals surface area contributed by atoms with Gasteiger partial charge < -0.3 is 4.74 Å². The van der Waals surface area contributed by atoms with Crippen molar-refractivity contribution in [3.8, 4) is 11.3 Å². The lowest BCUT2D eigenvalue weighted by Crippen LogP contribution is -2.43. The molecule has 138 valence electrons. The Bertz CT molecular complexity index is 801. The minimum absolute atomic E-state index is 0.102. The van der Waals surface area contributed by atoms with E-state index in [-0.39, 0.29) is 17.9 Å². The number of ether oxygens (including phenoxy) is 1. The van der Waals surface area contributed by atoms with Gasteiger partial charge in [0.15, 0.2) is 5.13 Å². The largest absolute Gasteiger partial charge is 0.376 e. The molecule has 4 rings (SSSR count). The van der Waals surface area contributed by atoms with Gasteiger partial charge in [0.2, 0.25) is 5.91 Å². The fraction of sp³-hybridized carbons (Fsp3) is 0.474. The molecule has 1 atom stereocenters. The number of halogens is 2. The van der Waals surface area contributed by atoms with Crippen LogP contribution in [-0.2, 0) is 9.53 Å². The van der Waals surface area contributed by atoms with Crippen LogP contribution in [0.4, 0.5) is 5.13 Å². The van der Waals surface area contributed by atoms with Crippen LogP contribution in [0.2, 0.25) is 10.0 Å². The second-order valence-corrected chi connectivity index (χ2v) is 8.53. The number of anilines is 1. The summed E-state index contributed by atoms with van der Waals surface area (Å²) >= 11 is 13.8. The van der Waals surface area contributed by atoms with Gasteiger partial charge in [0.1, 0.15) is 0 Å². The topological polar surface area (TPSA) is 42.4 Å². The Hall–Kier alpha value is -1.14. The lowest BCUT2D eigenvalue weighted by atomic mass is 9.84. The lowest BCUT2D eigenvalue weighted by Gasteiger charge is -2.31. The molecule has 1 aromatic carbocycles. The Morgan fingerprint density at radius 3 is 2.77 bits per heavy atom. The molecule has 1 saturated heterocycles. The van der Waals surface area contributed by atoms with Gasteiger partial charge in [-0.25, -0.2) is 4.98 Å². The highest BCUT2D eigenvalue weighted by molar-refractivity contribution is 7.14. The second-order valence-electron chi connectivity index (χ2n) is 6.85. The van der Waals surface area contributed by atoms with E-state index in [1.807, 2.05) is 16.3 Å². The molecule has 0 radical (unpaired) electrons. The Morgan fingerprint density at radius 1 is 1.27 bits per heavy atom. The highest BCUT2D eigenvalue weighted by atomic mass is 35.5. The van der Waals surface area contributed by atoms with Gasteiger partial charge in [-0.2, -0.15) is 0 Å². The van der Waals surface area contributed by atoms with Crippen LogP contribution in [0.25, 0.3) is 11.3 Å². The molecular weight excluding hydrogens is 391 g/mol. The van der Waals surface area contributed by atoms with Crippen LogP contribution in [-0.4, -0.2) is 30.1 Å². The van der Waals surface area contributed by atoms with Crippen LogP contribution >= 0.6 is 34.5 Å². The highest BCUT2D eigenvalue weighted by Gasteiger charge is 2.33. The number of nitrogens with zero attached hydrogens (tertiary/aromatic N) is 2. The monoisotopic (exact) mass is 410 g/mol. The Balaban J connectivity index is 1.60. The first kappa shape index (κ1) is 18.2. The predicted molar refractivity (Wildman–Crippen MR) is 106 cm³/mol. The highest BCUT2D eigenvalue weighted by Crippen LogP contribution is 2.36. The van der Waals surface area contributed by atoms with Gasteiger partial charge in [-0.05, 0) is 43.9 Å². The fourth-order valence-corrected chi connectivity index (χ4v) is 4.68. The van der Waals surface area contributed by atoms with Crippen LogP contribution in [0.15, 0.2) is 23.6 Å². The van der Waals surface area contributed by atoms with Crippen molar-refractivity contribution >= 4 is 45.6 Å². The number of hydrogen-bond donors (Lipinski definition) is 0. The minimum atomic E-state index is 0.102. The van der Waals surface area contributed by atoms with Gasteiger partial charge in [-0.15, -0.1) is 11.3 Å². The zero-order valence-electron chi connectivity index (χ0n) is 14.3. The number of aromatic nitrogens is 1. The average Bonchev–Trinajstić information content (AvgIpc) is 3.22. The third-order valence-electron chi connectivity index (χ3n) is 5.06. The molecule has 1 aliphatic heterocycles. The molecule has 2 aliphatic rings. The zero-order chi connectivity index (χ0) is 18.1. The second kappa shape index (κ2) is 7.85. The molecule has 4 nitrogen and oxygen atoms in total. The number of amides is 1. The molecule has 0 bridgehead atoms. The predicted octanol–water partition coefficient (Wildman–Crippen LogP) is 5.43. The molecular formula is C19H20Cl2N2O2S. The van der Waals surface area contributed by atoms with Crippen molar-refractivity contribution in [2.45, 2.75) is 38.2 Å². The van der Waals surface area contributed by atoms with Gasteiger partial charge >= 0.3 is 0 Å². The third-order valence-corrected chi connectivity index (χ3v) is 6.47. The molecule has 1 aliphatic carbocycles. The first-order valence-corrected chi connectivity index (χ1v) is 10.6. The first-order chi connectivity index (χ1) is 12.6. The van der Waals surface area contributed by atoms with Gasteiger partial charge in [0.25, 0.3) is 0 Å². The van der Waals surface area contributed by atoms with Gasteiger partial charge in [-0.1, -0.05) is 29.6 Å². The first-order valence-electron chi connectivity index (χ1n) is 8.96. The van der Waals surface area contributed by atoms with Crippen molar-refractivity contribution in [1.82, 2.24) is 4.98 Å². The standard InChI is InChI=1S/C19H20Cl2N2O2S/c20-13-6-7-15(16(21)9-13)17-11-26-19(22-17)23(10-14-5-2-8-25-14)18(24)12-3-1-4-12/h6-7,9,11-12,14H,1-5,8,10H2. The molecule has 26 heavy (non-hydrogen) atoms. The number of thiazole rings is 1. The summed E-state index contributed by atoms with van der Waals surface area (Å²) in [6.45, 7) is 1.36. The molecule has 1 aromatic heterocycles. The maximum absolute atomic E-state index is 13.0. The van der Waals surface area contributed by atoms with Crippen LogP contribution in [0.3, 0.4) is 0 Å². The maximum Gasteiger partial charge on any atom is 0.231 e. The molecule has 0 spiro atoms. The van der Waals surface area contributed by atoms with E-state index in [0.29, 0.717) is 16.6 Å². The number of carbonyl (C=O) groups is 1. The van der Waals surface area contributed by atoms with Crippen molar-refractivity contribution in [3.05, 3.63) is 33.6 Å². The molecule has 1 saturated carbocycles. The molecule has 1 amide bonds. The van der Waals surface area contributed by atoms with E-state index in [4.69, 9.17) is 32.9 Å². The van der Waals surface area contributed by atoms with Crippen molar-refractivity contribution in [2.24, 2.45) is 5.92 Å². The van der Waals surface area contributed by atoms with Gasteiger partial charge in [0.05, 0.1) is 23.4 Å². The summed E-state index contributed by atoms with van der Waals surface area (Å²) in [6, 6.07) is 5.37. The quantitative estimate of drug-likeness (QED) is 0.659. The smallest absolute Gasteiger partial charge is 0.231 e. The average molecular weight is 411 g/mol. The number of rotatable bonds is 5. The fourth-order valence-electron chi connectivity index (χ4n) is 3.34. The van der Waals surface area contributed by atoms with Crippen molar-refractivity contribution in [3.63, 3.8) is 0 Å². The summed E-state index contributed by atoms with van der Waals surface area (Å²) < 4.78 is 5.76. The Kier molecular flexibility index (Phi) is 5.50. The summed E-state index contributed by atoms with van der Waals surface area (Å²) in [4.78, 5) is 19.5. The molecule has 2 heterocycles. The van der Waals surface area contributed by atoms with E-state index in [1.54, 1.807) is 12.1 Å². The van der Waals surface area contributed by atoms with E-state index >= 15 is 0 Å². The van der Waals surface area contributed by atoms with Crippen LogP contribution in [0, 0.1) is 5.92 Å².